The monoisotopic (exact) mass is 415 g/mol. The highest BCUT2D eigenvalue weighted by Gasteiger charge is 2.40. The third-order valence-electron chi connectivity index (χ3n) is 3.78. The Morgan fingerprint density at radius 2 is 0.567 bits per heavy atom. The molecule has 6 unspecified atom stereocenters. The number of nitrogens with zero attached hydrogens (tertiary/aromatic N) is 21. The molecule has 0 bridgehead atoms. The molecule has 0 N–H and O–H groups in total. The van der Waals surface area contributed by atoms with Gasteiger partial charge < -0.3 is 0 Å². The van der Waals surface area contributed by atoms with Crippen LogP contribution in [0.5, 0.6) is 0 Å². The van der Waals surface area contributed by atoms with Gasteiger partial charge in [0.25, 0.3) is 0 Å². The highest BCUT2D eigenvalue weighted by atomic mass is 15.3. The van der Waals surface area contributed by atoms with Gasteiger partial charge in [-0.1, -0.05) is 49.6 Å². The molecule has 0 aromatic carbocycles. The molecule has 0 saturated heterocycles. The van der Waals surface area contributed by atoms with Crippen molar-refractivity contribution in [2.75, 3.05) is 0 Å². The Morgan fingerprint density at radius 1 is 0.367 bits per heavy atom. The van der Waals surface area contributed by atoms with E-state index in [2.05, 4.69) is 70.2 Å². The summed E-state index contributed by atoms with van der Waals surface area (Å²) in [5.41, 5.74) is 62.0. The zero-order valence-corrected chi connectivity index (χ0v) is 15.4. The van der Waals surface area contributed by atoms with Gasteiger partial charge in [0, 0.05) is 46.5 Å². The van der Waals surface area contributed by atoms with Crippen molar-refractivity contribution in [3.05, 3.63) is 73.1 Å². The van der Waals surface area contributed by atoms with Gasteiger partial charge >= 0.3 is 0 Å². The topological polar surface area (TPSA) is 341 Å². The lowest BCUT2D eigenvalue weighted by Crippen LogP contribution is -2.49. The molecular formula is C9H13N21. The van der Waals surface area contributed by atoms with Gasteiger partial charge in [-0.3, -0.25) is 0 Å². The molecule has 0 aliphatic carbocycles. The Kier molecular flexibility index (Phi) is 12.0. The second-order valence-corrected chi connectivity index (χ2v) is 5.37. The van der Waals surface area contributed by atoms with E-state index in [1.165, 1.54) is 13.8 Å². The van der Waals surface area contributed by atoms with Gasteiger partial charge in [0.05, 0.1) is 30.2 Å². The fraction of sp³-hybridized carbons (Fsp3) is 1.00. The van der Waals surface area contributed by atoms with E-state index in [9.17, 15) is 0 Å². The lowest BCUT2D eigenvalue weighted by molar-refractivity contribution is 0.322. The fourth-order valence-corrected chi connectivity index (χ4v) is 2.51. The largest absolute Gasteiger partial charge is 0.0905 e. The van der Waals surface area contributed by atoms with Crippen LogP contribution in [0, 0.1) is 0 Å². The second kappa shape index (κ2) is 14.3. The van der Waals surface area contributed by atoms with Crippen LogP contribution >= 0.6 is 0 Å². The van der Waals surface area contributed by atoms with Gasteiger partial charge in [0.2, 0.25) is 0 Å². The zero-order valence-electron chi connectivity index (χ0n) is 15.4. The third kappa shape index (κ3) is 7.06. The highest BCUT2D eigenvalue weighted by molar-refractivity contribution is 5.07. The first kappa shape index (κ1) is 25.2. The Bertz CT molecular complexity index is 854. The molecule has 0 aromatic heterocycles. The highest BCUT2D eigenvalue weighted by Crippen LogP contribution is 2.27. The van der Waals surface area contributed by atoms with Crippen LogP contribution in [0.1, 0.15) is 13.8 Å². The molecule has 154 valence electrons. The van der Waals surface area contributed by atoms with E-state index in [0.29, 0.717) is 0 Å². The molecule has 0 aliphatic heterocycles. The average Bonchev–Trinajstić information content (AvgIpc) is 2.72. The van der Waals surface area contributed by atoms with Crippen LogP contribution in [0.4, 0.5) is 0 Å². The van der Waals surface area contributed by atoms with E-state index >= 15 is 0 Å². The van der Waals surface area contributed by atoms with Crippen molar-refractivity contribution >= 4 is 0 Å². The molecule has 21 heteroatoms. The summed E-state index contributed by atoms with van der Waals surface area (Å²) in [5, 5.41) is 24.0. The van der Waals surface area contributed by atoms with Crippen LogP contribution in [-0.2, 0) is 0 Å². The van der Waals surface area contributed by atoms with E-state index in [1.807, 2.05) is 0 Å². The Labute approximate surface area is 166 Å². The van der Waals surface area contributed by atoms with Crippen molar-refractivity contribution in [2.24, 2.45) is 35.8 Å². The van der Waals surface area contributed by atoms with Gasteiger partial charge in [-0.25, -0.2) is 0 Å². The summed E-state index contributed by atoms with van der Waals surface area (Å²) in [6.45, 7) is 2.67. The van der Waals surface area contributed by atoms with E-state index in [4.69, 9.17) is 38.7 Å². The molecule has 0 rings (SSSR count). The molecule has 0 saturated carbocycles. The Hall–Kier alpha value is -4.83. The average molecular weight is 415 g/mol. The lowest BCUT2D eigenvalue weighted by atomic mass is 9.87. The van der Waals surface area contributed by atoms with Crippen LogP contribution in [0.2, 0.25) is 0 Å². The smallest absolute Gasteiger partial charge is 0.0550 e. The number of hydrogen-bond donors (Lipinski definition) is 0. The van der Waals surface area contributed by atoms with Crippen LogP contribution in [0.3, 0.4) is 0 Å². The van der Waals surface area contributed by atoms with Crippen molar-refractivity contribution in [3.8, 4) is 0 Å². The maximum atomic E-state index is 9.00. The second-order valence-electron chi connectivity index (χ2n) is 5.37. The SMILES string of the molecule is CC(N=[N+]=[N-])C(N=[N+]=[N-])C(N=[N+]=[N-])C(N=[N+]=[N-])C(N=[N+]=[N-])C(N=[N+]=[N-])C(C)N=[N+]=[N-]. The predicted octanol–water partition coefficient (Wildman–Crippen LogP) is 5.78. The maximum Gasteiger partial charge on any atom is 0.0550 e. The summed E-state index contributed by atoms with van der Waals surface area (Å²) in [7, 11) is 0. The molecule has 0 aliphatic rings. The van der Waals surface area contributed by atoms with Crippen LogP contribution < -0.4 is 0 Å². The maximum absolute atomic E-state index is 9.00. The van der Waals surface area contributed by atoms with Gasteiger partial charge in [0.15, 0.2) is 0 Å². The number of rotatable bonds is 13. The molecule has 0 heterocycles. The molecule has 0 amide bonds. The molecule has 21 nitrogen and oxygen atoms in total. The molecule has 30 heavy (non-hydrogen) atoms. The summed E-state index contributed by atoms with van der Waals surface area (Å²) in [6.07, 6.45) is 0. The quantitative estimate of drug-likeness (QED) is 0.196. The molecule has 0 fully saturated rings. The normalized spacial score (nSPS) is 16.1. The minimum Gasteiger partial charge on any atom is -0.0905 e. The first-order valence-electron chi connectivity index (χ1n) is 7.76. The number of hydrogen-bond acceptors (Lipinski definition) is 7. The van der Waals surface area contributed by atoms with Gasteiger partial charge in [-0.15, -0.1) is 0 Å². The first-order chi connectivity index (χ1) is 14.5. The summed E-state index contributed by atoms with van der Waals surface area (Å²) >= 11 is 0. The molecule has 0 radical (unpaired) electrons. The van der Waals surface area contributed by atoms with Crippen molar-refractivity contribution in [2.45, 2.75) is 56.1 Å². The van der Waals surface area contributed by atoms with Gasteiger partial charge in [-0.2, -0.15) is 0 Å². The minimum atomic E-state index is -1.58. The summed E-state index contributed by atoms with van der Waals surface area (Å²) in [6, 6.07) is -9.58. The van der Waals surface area contributed by atoms with Crippen molar-refractivity contribution < 1.29 is 0 Å². The van der Waals surface area contributed by atoms with E-state index in [1.54, 1.807) is 0 Å². The van der Waals surface area contributed by atoms with Crippen LogP contribution in [-0.4, -0.2) is 42.3 Å². The summed E-state index contributed by atoms with van der Waals surface area (Å²) < 4.78 is 0. The summed E-state index contributed by atoms with van der Waals surface area (Å²) in [5.74, 6) is 0. The van der Waals surface area contributed by atoms with E-state index in [0.717, 1.165) is 0 Å². The predicted molar refractivity (Wildman–Crippen MR) is 102 cm³/mol. The first-order valence-corrected chi connectivity index (χ1v) is 7.76. The molecule has 6 atom stereocenters. The molecule has 0 aromatic rings. The molecule has 0 spiro atoms. The zero-order chi connectivity index (χ0) is 22.9. The van der Waals surface area contributed by atoms with E-state index < -0.39 is 42.3 Å². The fourth-order valence-electron chi connectivity index (χ4n) is 2.51. The van der Waals surface area contributed by atoms with Gasteiger partial charge in [-0.05, 0) is 38.7 Å². The minimum absolute atomic E-state index is 1.09. The van der Waals surface area contributed by atoms with Crippen LogP contribution in [0.15, 0.2) is 35.8 Å². The van der Waals surface area contributed by atoms with Crippen molar-refractivity contribution in [1.82, 2.24) is 0 Å². The van der Waals surface area contributed by atoms with Crippen LogP contribution in [0.25, 0.3) is 73.1 Å². The molecular weight excluding hydrogens is 402 g/mol. The third-order valence-corrected chi connectivity index (χ3v) is 3.78. The van der Waals surface area contributed by atoms with E-state index in [-0.39, 0.29) is 0 Å². The number of azide groups is 7. The lowest BCUT2D eigenvalue weighted by Gasteiger charge is -2.33. The van der Waals surface area contributed by atoms with Gasteiger partial charge in [0.1, 0.15) is 0 Å². The Balaban J connectivity index is 6.90. The standard InChI is InChI=1S/C9H13N21/c1-3(17-24-10)5(19-26-12)7(21-28-14)9(23-30-16)8(22-29-15)6(20-27-13)4(2)18-25-11/h3-9H,1-2H3. The Morgan fingerprint density at radius 3 is 0.800 bits per heavy atom. The van der Waals surface area contributed by atoms with Crippen molar-refractivity contribution in [3.63, 3.8) is 0 Å². The summed E-state index contributed by atoms with van der Waals surface area (Å²) in [4.78, 5) is 18.2. The van der Waals surface area contributed by atoms with Crippen molar-refractivity contribution in [1.29, 1.82) is 0 Å².